The number of carbonyl (C=O) groups is 1. The molecule has 4 aliphatic carbocycles. The van der Waals surface area contributed by atoms with Crippen molar-refractivity contribution in [1.82, 2.24) is 5.43 Å². The molecule has 4 rings (SSSR count). The molecule has 0 aromatic carbocycles. The van der Waals surface area contributed by atoms with Crippen molar-refractivity contribution in [2.75, 3.05) is 0 Å². The van der Waals surface area contributed by atoms with Gasteiger partial charge in [0.05, 0.1) is 0 Å². The Kier molecular flexibility index (Phi) is 3.92. The molecule has 4 nitrogen and oxygen atoms in total. The fourth-order valence-electron chi connectivity index (χ4n) is 7.29. The Morgan fingerprint density at radius 2 is 1.96 bits per heavy atom. The van der Waals surface area contributed by atoms with Crippen LogP contribution in [0.4, 0.5) is 4.79 Å². The normalized spacial score (nSPS) is 49.2. The lowest BCUT2D eigenvalue weighted by molar-refractivity contribution is -0.0919. The standard InChI is InChI=1S/C20H33N3O/c1-19-9-3-4-16(19)15-6-5-13-12-14(22-23-18(21)24)7-11-20(13,2)17(15)8-10-19/h13,15-17H,3-12H2,1-2H3,(H3,21,23,24)/b22-14+. The van der Waals surface area contributed by atoms with Crippen molar-refractivity contribution in [1.29, 1.82) is 0 Å². The summed E-state index contributed by atoms with van der Waals surface area (Å²) in [6.07, 6.45) is 13.4. The van der Waals surface area contributed by atoms with Gasteiger partial charge in [-0.1, -0.05) is 20.3 Å². The summed E-state index contributed by atoms with van der Waals surface area (Å²) in [5.74, 6) is 3.61. The van der Waals surface area contributed by atoms with Crippen LogP contribution >= 0.6 is 0 Å². The van der Waals surface area contributed by atoms with Crippen LogP contribution < -0.4 is 11.2 Å². The van der Waals surface area contributed by atoms with Crippen LogP contribution in [0.2, 0.25) is 0 Å². The summed E-state index contributed by atoms with van der Waals surface area (Å²) in [7, 11) is 0. The first-order valence-corrected chi connectivity index (χ1v) is 10.0. The first-order chi connectivity index (χ1) is 11.4. The Hall–Kier alpha value is -1.06. The second-order valence-corrected chi connectivity index (χ2v) is 9.60. The third-order valence-electron chi connectivity index (χ3n) is 8.60. The Morgan fingerprint density at radius 3 is 2.75 bits per heavy atom. The van der Waals surface area contributed by atoms with Gasteiger partial charge in [-0.15, -0.1) is 0 Å². The van der Waals surface area contributed by atoms with Crippen LogP contribution in [0.25, 0.3) is 0 Å². The van der Waals surface area contributed by atoms with E-state index in [0.29, 0.717) is 10.8 Å². The minimum absolute atomic E-state index is 0.485. The molecule has 2 amide bonds. The van der Waals surface area contributed by atoms with Gasteiger partial charge in [-0.2, -0.15) is 5.10 Å². The van der Waals surface area contributed by atoms with Crippen LogP contribution in [-0.2, 0) is 0 Å². The van der Waals surface area contributed by atoms with E-state index in [2.05, 4.69) is 24.4 Å². The Bertz CT molecular complexity index is 559. The van der Waals surface area contributed by atoms with Gasteiger partial charge < -0.3 is 5.73 Å². The maximum absolute atomic E-state index is 10.9. The molecule has 0 heterocycles. The summed E-state index contributed by atoms with van der Waals surface area (Å²) in [4.78, 5) is 10.9. The number of primary amides is 1. The van der Waals surface area contributed by atoms with Gasteiger partial charge >= 0.3 is 6.03 Å². The molecule has 0 saturated heterocycles. The number of nitrogens with two attached hydrogens (primary N) is 1. The van der Waals surface area contributed by atoms with Crippen molar-refractivity contribution in [3.05, 3.63) is 0 Å². The van der Waals surface area contributed by atoms with Crippen LogP contribution in [-0.4, -0.2) is 11.7 Å². The molecule has 0 aromatic rings. The smallest absolute Gasteiger partial charge is 0.332 e. The molecular weight excluding hydrogens is 298 g/mol. The highest BCUT2D eigenvalue weighted by molar-refractivity contribution is 5.87. The van der Waals surface area contributed by atoms with Crippen LogP contribution in [0.1, 0.15) is 78.1 Å². The lowest BCUT2D eigenvalue weighted by atomic mass is 9.45. The van der Waals surface area contributed by atoms with E-state index in [1.165, 1.54) is 51.4 Å². The summed E-state index contributed by atoms with van der Waals surface area (Å²) in [5, 5.41) is 4.27. The van der Waals surface area contributed by atoms with Crippen molar-refractivity contribution in [2.24, 2.45) is 45.3 Å². The predicted molar refractivity (Wildman–Crippen MR) is 96.5 cm³/mol. The van der Waals surface area contributed by atoms with Crippen LogP contribution in [0.15, 0.2) is 5.10 Å². The lowest BCUT2D eigenvalue weighted by Crippen LogP contribution is -2.52. The maximum Gasteiger partial charge on any atom is 0.332 e. The number of nitrogens with zero attached hydrogens (tertiary/aromatic N) is 1. The third kappa shape index (κ3) is 2.48. The zero-order valence-corrected chi connectivity index (χ0v) is 15.3. The number of nitrogens with one attached hydrogen (secondary N) is 1. The average molecular weight is 332 g/mol. The highest BCUT2D eigenvalue weighted by Gasteiger charge is 2.57. The molecule has 6 atom stereocenters. The minimum atomic E-state index is -0.549. The summed E-state index contributed by atoms with van der Waals surface area (Å²) in [6, 6.07) is -0.549. The number of fused-ring (bicyclic) bond motifs is 5. The first-order valence-electron chi connectivity index (χ1n) is 10.0. The second-order valence-electron chi connectivity index (χ2n) is 9.60. The van der Waals surface area contributed by atoms with E-state index in [0.717, 1.165) is 42.2 Å². The van der Waals surface area contributed by atoms with Crippen molar-refractivity contribution in [3.63, 3.8) is 0 Å². The number of urea groups is 1. The molecule has 4 fully saturated rings. The Balaban J connectivity index is 1.52. The number of hydrogen-bond donors (Lipinski definition) is 2. The topological polar surface area (TPSA) is 67.5 Å². The monoisotopic (exact) mass is 331 g/mol. The summed E-state index contributed by atoms with van der Waals surface area (Å²) in [6.45, 7) is 5.15. The van der Waals surface area contributed by atoms with Gasteiger partial charge in [0.1, 0.15) is 0 Å². The summed E-state index contributed by atoms with van der Waals surface area (Å²) >= 11 is 0. The minimum Gasteiger partial charge on any atom is -0.350 e. The van der Waals surface area contributed by atoms with Gasteiger partial charge in [0.25, 0.3) is 0 Å². The van der Waals surface area contributed by atoms with E-state index in [4.69, 9.17) is 5.73 Å². The quantitative estimate of drug-likeness (QED) is 0.685. The molecule has 4 aliphatic rings. The Labute approximate surface area is 146 Å². The molecule has 0 spiro atoms. The average Bonchev–Trinajstić information content (AvgIpc) is 2.94. The molecule has 0 aliphatic heterocycles. The van der Waals surface area contributed by atoms with Gasteiger partial charge in [-0.3, -0.25) is 0 Å². The van der Waals surface area contributed by atoms with Crippen molar-refractivity contribution in [3.8, 4) is 0 Å². The number of hydrazone groups is 1. The molecule has 0 radical (unpaired) electrons. The van der Waals surface area contributed by atoms with Crippen molar-refractivity contribution >= 4 is 11.7 Å². The van der Waals surface area contributed by atoms with Crippen LogP contribution in [0, 0.1) is 34.5 Å². The highest BCUT2D eigenvalue weighted by Crippen LogP contribution is 2.65. The molecule has 134 valence electrons. The summed E-state index contributed by atoms with van der Waals surface area (Å²) in [5.41, 5.74) is 9.89. The fraction of sp³-hybridized carbons (Fsp3) is 0.900. The molecular formula is C20H33N3O. The van der Waals surface area contributed by atoms with Crippen LogP contribution in [0.5, 0.6) is 0 Å². The van der Waals surface area contributed by atoms with Gasteiger partial charge in [-0.25, -0.2) is 10.2 Å². The molecule has 0 aromatic heterocycles. The van der Waals surface area contributed by atoms with Gasteiger partial charge in [0, 0.05) is 5.71 Å². The first kappa shape index (κ1) is 16.4. The molecule has 24 heavy (non-hydrogen) atoms. The Morgan fingerprint density at radius 1 is 1.12 bits per heavy atom. The van der Waals surface area contributed by atoms with Crippen molar-refractivity contribution < 1.29 is 4.79 Å². The number of rotatable bonds is 1. The SMILES string of the molecule is CC12CCCC1C1CCC3C/C(=N/NC(N)=O)CCC3(C)C1CC2. The van der Waals surface area contributed by atoms with Crippen molar-refractivity contribution in [2.45, 2.75) is 78.1 Å². The van der Waals surface area contributed by atoms with E-state index in [-0.39, 0.29) is 0 Å². The molecule has 4 saturated carbocycles. The van der Waals surface area contributed by atoms with Gasteiger partial charge in [0.15, 0.2) is 0 Å². The second kappa shape index (κ2) is 5.74. The third-order valence-corrected chi connectivity index (χ3v) is 8.60. The predicted octanol–water partition coefficient (Wildman–Crippen LogP) is 4.44. The zero-order chi connectivity index (χ0) is 16.9. The number of hydrogen-bond acceptors (Lipinski definition) is 2. The number of amides is 2. The largest absolute Gasteiger partial charge is 0.350 e. The zero-order valence-electron chi connectivity index (χ0n) is 15.3. The number of carbonyl (C=O) groups excluding carboxylic acids is 1. The van der Waals surface area contributed by atoms with E-state index in [1.807, 2.05) is 0 Å². The maximum atomic E-state index is 10.9. The molecule has 3 N–H and O–H groups in total. The highest BCUT2D eigenvalue weighted by atomic mass is 16.2. The fourth-order valence-corrected chi connectivity index (χ4v) is 7.29. The van der Waals surface area contributed by atoms with E-state index in [1.54, 1.807) is 0 Å². The van der Waals surface area contributed by atoms with E-state index in [9.17, 15) is 4.79 Å². The van der Waals surface area contributed by atoms with Gasteiger partial charge in [-0.05, 0) is 92.3 Å². The molecule has 6 unspecified atom stereocenters. The molecule has 0 bridgehead atoms. The van der Waals surface area contributed by atoms with E-state index >= 15 is 0 Å². The van der Waals surface area contributed by atoms with E-state index < -0.39 is 6.03 Å². The lowest BCUT2D eigenvalue weighted by Gasteiger charge is -2.60. The molecule has 4 heteroatoms. The summed E-state index contributed by atoms with van der Waals surface area (Å²) < 4.78 is 0. The van der Waals surface area contributed by atoms with Crippen LogP contribution in [0.3, 0.4) is 0 Å². The van der Waals surface area contributed by atoms with Gasteiger partial charge in [0.2, 0.25) is 0 Å².